The van der Waals surface area contributed by atoms with Crippen LogP contribution in [-0.2, 0) is 40.4 Å². The summed E-state index contributed by atoms with van der Waals surface area (Å²) in [6.07, 6.45) is 9.21. The molecule has 51 heavy (non-hydrogen) atoms. The van der Waals surface area contributed by atoms with E-state index >= 15 is 0 Å². The first-order valence-electron chi connectivity index (χ1n) is 18.3. The Balaban J connectivity index is 1.39. The third-order valence-corrected chi connectivity index (χ3v) is 12.2. The van der Waals surface area contributed by atoms with Crippen LogP contribution in [0.25, 0.3) is 6.08 Å². The molecule has 1 aromatic rings. The van der Waals surface area contributed by atoms with Crippen LogP contribution in [0.2, 0.25) is 0 Å². The lowest BCUT2D eigenvalue weighted by atomic mass is 9.85. The van der Waals surface area contributed by atoms with E-state index in [9.17, 15) is 32.4 Å². The van der Waals surface area contributed by atoms with Gasteiger partial charge in [-0.3, -0.25) is 23.9 Å². The van der Waals surface area contributed by atoms with Crippen molar-refractivity contribution in [3.8, 4) is 0 Å². The van der Waals surface area contributed by atoms with Crippen LogP contribution in [-0.4, -0.2) is 85.1 Å². The molecular formula is C37H53N5O8S. The highest BCUT2D eigenvalue weighted by Crippen LogP contribution is 2.47. The van der Waals surface area contributed by atoms with Gasteiger partial charge in [-0.15, -0.1) is 0 Å². The van der Waals surface area contributed by atoms with E-state index in [1.807, 2.05) is 31.2 Å². The molecule has 2 aliphatic carbocycles. The number of aryl methyl sites for hydroxylation is 1. The molecule has 2 bridgehead atoms. The number of cyclic esters (lactones) is 1. The van der Waals surface area contributed by atoms with Gasteiger partial charge in [0.05, 0.1) is 11.9 Å². The van der Waals surface area contributed by atoms with Crippen molar-refractivity contribution in [1.29, 1.82) is 0 Å². The zero-order chi connectivity index (χ0) is 37.0. The average Bonchev–Trinajstić information content (AvgIpc) is 4.00. The summed E-state index contributed by atoms with van der Waals surface area (Å²) in [4.78, 5) is 69.5. The lowest BCUT2D eigenvalue weighted by molar-refractivity contribution is -0.142. The maximum Gasteiger partial charge on any atom is 0.407 e. The number of benzene rings is 1. The quantitative estimate of drug-likeness (QED) is 0.345. The molecule has 4 N–H and O–H groups in total. The largest absolute Gasteiger partial charge is 0.450 e. The molecule has 4 aliphatic rings. The normalized spacial score (nSPS) is 28.3. The van der Waals surface area contributed by atoms with Crippen molar-refractivity contribution in [3.05, 3.63) is 41.5 Å². The zero-order valence-corrected chi connectivity index (χ0v) is 31.0. The fraction of sp³-hybridized carbons (Fsp3) is 0.649. The van der Waals surface area contributed by atoms with Crippen molar-refractivity contribution in [2.45, 2.75) is 127 Å². The zero-order valence-electron chi connectivity index (χ0n) is 30.2. The van der Waals surface area contributed by atoms with Crippen LogP contribution in [0.5, 0.6) is 0 Å². The molecular weight excluding hydrogens is 675 g/mol. The smallest absolute Gasteiger partial charge is 0.407 e. The van der Waals surface area contributed by atoms with E-state index < -0.39 is 68.2 Å². The van der Waals surface area contributed by atoms with E-state index in [2.05, 4.69) is 32.8 Å². The molecule has 5 amide bonds. The Bertz CT molecular complexity index is 1630. The molecule has 0 unspecified atom stereocenters. The number of rotatable bonds is 6. The third kappa shape index (κ3) is 9.49. The van der Waals surface area contributed by atoms with Gasteiger partial charge in [0.2, 0.25) is 27.7 Å². The fourth-order valence-electron chi connectivity index (χ4n) is 7.09. The van der Waals surface area contributed by atoms with Gasteiger partial charge in [0, 0.05) is 19.0 Å². The Morgan fingerprint density at radius 3 is 2.47 bits per heavy atom. The van der Waals surface area contributed by atoms with Crippen LogP contribution >= 0.6 is 0 Å². The average molecular weight is 728 g/mol. The molecule has 0 spiro atoms. The van der Waals surface area contributed by atoms with Gasteiger partial charge in [-0.25, -0.2) is 13.2 Å². The predicted molar refractivity (Wildman–Crippen MR) is 191 cm³/mol. The lowest BCUT2D eigenvalue weighted by Gasteiger charge is -2.35. The lowest BCUT2D eigenvalue weighted by Crippen LogP contribution is -2.60. The first-order chi connectivity index (χ1) is 24.1. The first-order valence-corrected chi connectivity index (χ1v) is 19.8. The highest BCUT2D eigenvalue weighted by Gasteiger charge is 2.62. The molecule has 13 nitrogen and oxygen atoms in total. The Morgan fingerprint density at radius 1 is 1.04 bits per heavy atom. The van der Waals surface area contributed by atoms with Crippen molar-refractivity contribution < 1.29 is 37.1 Å². The number of alkyl carbamates (subject to hydrolysis) is 1. The fourth-order valence-corrected chi connectivity index (χ4v) is 8.45. The second-order valence-electron chi connectivity index (χ2n) is 15.5. The van der Waals surface area contributed by atoms with Gasteiger partial charge in [0.15, 0.2) is 0 Å². The summed E-state index contributed by atoms with van der Waals surface area (Å²) in [5.41, 5.74) is -0.148. The van der Waals surface area contributed by atoms with Crippen molar-refractivity contribution in [3.63, 3.8) is 0 Å². The van der Waals surface area contributed by atoms with Crippen LogP contribution in [0.4, 0.5) is 4.79 Å². The number of ether oxygens (including phenoxy) is 1. The first kappa shape index (κ1) is 38.3. The third-order valence-electron chi connectivity index (χ3n) is 10.4. The summed E-state index contributed by atoms with van der Waals surface area (Å²) in [6, 6.07) is 5.14. The number of hydrogen-bond donors (Lipinski definition) is 4. The summed E-state index contributed by atoms with van der Waals surface area (Å²) in [6.45, 7) is 7.43. The van der Waals surface area contributed by atoms with Crippen molar-refractivity contribution >= 4 is 45.8 Å². The van der Waals surface area contributed by atoms with E-state index in [1.54, 1.807) is 20.8 Å². The molecule has 5 rings (SSSR count). The molecule has 280 valence electrons. The van der Waals surface area contributed by atoms with Crippen molar-refractivity contribution in [2.24, 2.45) is 11.3 Å². The molecule has 2 aliphatic heterocycles. The van der Waals surface area contributed by atoms with E-state index in [0.29, 0.717) is 32.1 Å². The van der Waals surface area contributed by atoms with E-state index in [0.717, 1.165) is 30.4 Å². The second kappa shape index (κ2) is 15.7. The number of sulfonamides is 1. The van der Waals surface area contributed by atoms with Crippen LogP contribution < -0.4 is 20.7 Å². The number of allylic oxidation sites excluding steroid dienone is 1. The van der Waals surface area contributed by atoms with Gasteiger partial charge in [0.25, 0.3) is 5.91 Å². The SMILES string of the molecule is CC[C@@H]1C[C@]1(NC(=O)[C@@H]1C[C@@H]2CN1C(=O)[C@H](C(C)(C)C)NC(=O)OCCCCCC=Cc1ccccc1CCC(=O)N2)C(=O)NS(=O)(=O)C1CC1. The Kier molecular flexibility index (Phi) is 11.8. The van der Waals surface area contributed by atoms with Crippen LogP contribution in [0.15, 0.2) is 30.3 Å². The minimum Gasteiger partial charge on any atom is -0.450 e. The number of amides is 5. The number of carbonyl (C=O) groups is 5. The number of nitrogens with zero attached hydrogens (tertiary/aromatic N) is 1. The van der Waals surface area contributed by atoms with Crippen LogP contribution in [0.1, 0.15) is 103 Å². The van der Waals surface area contributed by atoms with E-state index in [4.69, 9.17) is 4.74 Å². The maximum atomic E-state index is 14.3. The molecule has 2 heterocycles. The number of carbonyl (C=O) groups excluding carboxylic acids is 5. The molecule has 0 radical (unpaired) electrons. The van der Waals surface area contributed by atoms with Gasteiger partial charge in [0.1, 0.15) is 17.6 Å². The summed E-state index contributed by atoms with van der Waals surface area (Å²) in [7, 11) is -3.86. The maximum absolute atomic E-state index is 14.3. The number of fused-ring (bicyclic) bond motifs is 3. The number of nitrogens with one attached hydrogen (secondary N) is 4. The van der Waals surface area contributed by atoms with E-state index in [-0.39, 0.29) is 44.2 Å². The molecule has 3 fully saturated rings. The summed E-state index contributed by atoms with van der Waals surface area (Å²) in [5, 5.41) is 7.95. The van der Waals surface area contributed by atoms with Gasteiger partial charge in [-0.2, -0.15) is 0 Å². The van der Waals surface area contributed by atoms with Gasteiger partial charge >= 0.3 is 6.09 Å². The van der Waals surface area contributed by atoms with Crippen molar-refractivity contribution in [1.82, 2.24) is 25.6 Å². The Morgan fingerprint density at radius 2 is 1.78 bits per heavy atom. The summed E-state index contributed by atoms with van der Waals surface area (Å²) < 4.78 is 32.9. The van der Waals surface area contributed by atoms with Gasteiger partial charge in [-0.05, 0) is 80.2 Å². The standard InChI is InChI=1S/C37H53N5O8S/c1-5-26-22-37(26,34(46)41-51(48,49)28-17-18-28)40-32(44)29-21-27-23-42(29)33(45)31(36(2,3)4)39-35(47)50-20-12-8-6-7-9-13-24-14-10-11-15-25(24)16-19-30(43)38-27/h9-11,13-15,26-29,31H,5-8,12,16-23H2,1-4H3,(H,38,43)(H,39,47)(H,40,44)(H,41,46)/t26-,27-,29+,31-,37-/m1/s1. The minimum absolute atomic E-state index is 0.00223. The monoisotopic (exact) mass is 727 g/mol. The Hall–Kier alpha value is -3.94. The molecule has 1 aromatic carbocycles. The van der Waals surface area contributed by atoms with Crippen LogP contribution in [0, 0.1) is 11.3 Å². The highest BCUT2D eigenvalue weighted by atomic mass is 32.2. The molecule has 5 atom stereocenters. The second-order valence-corrected chi connectivity index (χ2v) is 17.4. The van der Waals surface area contributed by atoms with Crippen LogP contribution in [0.3, 0.4) is 0 Å². The van der Waals surface area contributed by atoms with Gasteiger partial charge < -0.3 is 25.6 Å². The predicted octanol–water partition coefficient (Wildman–Crippen LogP) is 3.33. The van der Waals surface area contributed by atoms with Crippen molar-refractivity contribution in [2.75, 3.05) is 13.2 Å². The minimum atomic E-state index is -3.86. The molecule has 1 saturated heterocycles. The molecule has 2 saturated carbocycles. The van der Waals surface area contributed by atoms with E-state index in [1.165, 1.54) is 4.90 Å². The van der Waals surface area contributed by atoms with Gasteiger partial charge in [-0.1, -0.05) is 70.5 Å². The highest BCUT2D eigenvalue weighted by molar-refractivity contribution is 7.91. The molecule has 0 aromatic heterocycles. The Labute approximate surface area is 301 Å². The molecule has 14 heteroatoms. The topological polar surface area (TPSA) is 180 Å². The number of hydrogen-bond acceptors (Lipinski definition) is 8. The summed E-state index contributed by atoms with van der Waals surface area (Å²) in [5.74, 6) is -2.45. The summed E-state index contributed by atoms with van der Waals surface area (Å²) >= 11 is 0.